The summed E-state index contributed by atoms with van der Waals surface area (Å²) >= 11 is 15.1. The summed E-state index contributed by atoms with van der Waals surface area (Å²) in [5, 5.41) is 10.2. The highest BCUT2D eigenvalue weighted by atomic mass is 79.9. The lowest BCUT2D eigenvalue weighted by Crippen LogP contribution is -1.95. The van der Waals surface area contributed by atoms with Crippen molar-refractivity contribution < 1.29 is 9.90 Å². The third-order valence-corrected chi connectivity index (χ3v) is 3.86. The third kappa shape index (κ3) is 3.63. The number of phenolic OH excluding ortho intramolecular Hbond substituents is 1. The van der Waals surface area contributed by atoms with E-state index in [1.807, 2.05) is 0 Å². The van der Waals surface area contributed by atoms with E-state index < -0.39 is 0 Å². The van der Waals surface area contributed by atoms with Gasteiger partial charge < -0.3 is 5.11 Å². The van der Waals surface area contributed by atoms with Gasteiger partial charge in [-0.05, 0) is 54.1 Å². The van der Waals surface area contributed by atoms with Gasteiger partial charge in [-0.15, -0.1) is 0 Å². The number of benzene rings is 2. The molecule has 5 heteroatoms. The van der Waals surface area contributed by atoms with Crippen LogP contribution in [0.5, 0.6) is 5.75 Å². The summed E-state index contributed by atoms with van der Waals surface area (Å²) in [6.07, 6.45) is 3.01. The number of carbonyl (C=O) groups excluding carboxylic acids is 1. The summed E-state index contributed by atoms with van der Waals surface area (Å²) in [5.74, 6) is -0.105. The van der Waals surface area contributed by atoms with Crippen LogP contribution in [0.4, 0.5) is 0 Å². The van der Waals surface area contributed by atoms with Gasteiger partial charge in [-0.3, -0.25) is 4.79 Å². The molecule has 102 valence electrons. The molecule has 0 aliphatic rings. The number of aromatic hydroxyl groups is 1. The smallest absolute Gasteiger partial charge is 0.187 e. The molecule has 0 saturated carbocycles. The molecule has 2 rings (SSSR count). The van der Waals surface area contributed by atoms with Crippen LogP contribution in [0.3, 0.4) is 0 Å². The standard InChI is InChI=1S/C15H9BrCl2O2/c16-13-5-3-11(19)7-9(13)1-6-15(20)12-4-2-10(17)8-14(12)18/h1-8,19H/b6-1-. The minimum absolute atomic E-state index is 0.129. The minimum atomic E-state index is -0.234. The van der Waals surface area contributed by atoms with Gasteiger partial charge in [0, 0.05) is 15.1 Å². The Morgan fingerprint density at radius 2 is 1.90 bits per heavy atom. The van der Waals surface area contributed by atoms with Gasteiger partial charge in [0.15, 0.2) is 5.78 Å². The van der Waals surface area contributed by atoms with Crippen LogP contribution in [0.1, 0.15) is 15.9 Å². The molecule has 20 heavy (non-hydrogen) atoms. The fraction of sp³-hybridized carbons (Fsp3) is 0. The molecule has 0 aliphatic heterocycles. The highest BCUT2D eigenvalue weighted by molar-refractivity contribution is 9.10. The molecule has 2 nitrogen and oxygen atoms in total. The third-order valence-electron chi connectivity index (χ3n) is 2.59. The lowest BCUT2D eigenvalue weighted by Gasteiger charge is -2.01. The molecule has 2 aromatic rings. The first-order chi connectivity index (χ1) is 9.47. The van der Waals surface area contributed by atoms with Crippen LogP contribution in [0.15, 0.2) is 46.9 Å². The van der Waals surface area contributed by atoms with Gasteiger partial charge in [-0.1, -0.05) is 39.1 Å². The zero-order chi connectivity index (χ0) is 14.7. The molecule has 0 unspecified atom stereocenters. The normalized spacial score (nSPS) is 10.9. The van der Waals surface area contributed by atoms with Gasteiger partial charge in [-0.25, -0.2) is 0 Å². The van der Waals surface area contributed by atoms with Crippen LogP contribution in [0, 0.1) is 0 Å². The molecule has 0 aliphatic carbocycles. The molecule has 0 radical (unpaired) electrons. The van der Waals surface area contributed by atoms with Crippen molar-refractivity contribution in [1.82, 2.24) is 0 Å². The molecule has 1 N–H and O–H groups in total. The fourth-order valence-electron chi connectivity index (χ4n) is 1.60. The highest BCUT2D eigenvalue weighted by Gasteiger charge is 2.08. The van der Waals surface area contributed by atoms with Crippen molar-refractivity contribution in [1.29, 1.82) is 0 Å². The maximum atomic E-state index is 12.1. The average molecular weight is 372 g/mol. The number of allylic oxidation sites excluding steroid dienone is 1. The Bertz CT molecular complexity index is 696. The molecular weight excluding hydrogens is 363 g/mol. The summed E-state index contributed by atoms with van der Waals surface area (Å²) < 4.78 is 0.779. The van der Waals surface area contributed by atoms with Crippen LogP contribution in [0.2, 0.25) is 10.0 Å². The number of hydrogen-bond acceptors (Lipinski definition) is 2. The Morgan fingerprint density at radius 1 is 1.15 bits per heavy atom. The SMILES string of the molecule is O=C(/C=C\c1cc(O)ccc1Br)c1ccc(Cl)cc1Cl. The van der Waals surface area contributed by atoms with E-state index in [0.29, 0.717) is 21.2 Å². The Balaban J connectivity index is 2.27. The number of halogens is 3. The lowest BCUT2D eigenvalue weighted by molar-refractivity contribution is 0.104. The monoisotopic (exact) mass is 370 g/mol. The summed E-state index contributed by atoms with van der Waals surface area (Å²) in [7, 11) is 0. The first-order valence-electron chi connectivity index (χ1n) is 5.63. The van der Waals surface area contributed by atoms with Crippen molar-refractivity contribution in [3.63, 3.8) is 0 Å². The Hall–Kier alpha value is -1.29. The average Bonchev–Trinajstić information content (AvgIpc) is 2.39. The number of carbonyl (C=O) groups is 1. The molecule has 0 atom stereocenters. The molecular formula is C15H9BrCl2O2. The van der Waals surface area contributed by atoms with Crippen LogP contribution in [-0.2, 0) is 0 Å². The second kappa shape index (κ2) is 6.44. The van der Waals surface area contributed by atoms with Crippen LogP contribution in [-0.4, -0.2) is 10.9 Å². The zero-order valence-electron chi connectivity index (χ0n) is 10.1. The number of ketones is 1. The van der Waals surface area contributed by atoms with Crippen molar-refractivity contribution in [3.8, 4) is 5.75 Å². The van der Waals surface area contributed by atoms with Crippen molar-refractivity contribution >= 4 is 51.0 Å². The summed E-state index contributed by atoms with van der Waals surface area (Å²) in [6.45, 7) is 0. The predicted molar refractivity (Wildman–Crippen MR) is 85.6 cm³/mol. The fourth-order valence-corrected chi connectivity index (χ4v) is 2.48. The molecule has 0 heterocycles. The van der Waals surface area contributed by atoms with Gasteiger partial charge >= 0.3 is 0 Å². The van der Waals surface area contributed by atoms with E-state index in [2.05, 4.69) is 15.9 Å². The Morgan fingerprint density at radius 3 is 2.60 bits per heavy atom. The molecule has 2 aromatic carbocycles. The number of hydrogen-bond donors (Lipinski definition) is 1. The summed E-state index contributed by atoms with van der Waals surface area (Å²) in [6, 6.07) is 9.52. The van der Waals surface area contributed by atoms with Crippen LogP contribution < -0.4 is 0 Å². The lowest BCUT2D eigenvalue weighted by atomic mass is 10.1. The number of rotatable bonds is 3. The topological polar surface area (TPSA) is 37.3 Å². The van der Waals surface area contributed by atoms with E-state index in [-0.39, 0.29) is 11.5 Å². The van der Waals surface area contributed by atoms with Crippen molar-refractivity contribution in [2.24, 2.45) is 0 Å². The first-order valence-corrected chi connectivity index (χ1v) is 7.18. The highest BCUT2D eigenvalue weighted by Crippen LogP contribution is 2.24. The summed E-state index contributed by atoms with van der Waals surface area (Å²) in [4.78, 5) is 12.1. The molecule has 0 saturated heterocycles. The minimum Gasteiger partial charge on any atom is -0.508 e. The van der Waals surface area contributed by atoms with Gasteiger partial charge in [0.1, 0.15) is 5.75 Å². The maximum Gasteiger partial charge on any atom is 0.187 e. The van der Waals surface area contributed by atoms with Gasteiger partial charge in [0.05, 0.1) is 5.02 Å². The van der Waals surface area contributed by atoms with E-state index in [4.69, 9.17) is 23.2 Å². The Labute approximate surface area is 134 Å². The quantitative estimate of drug-likeness (QED) is 0.582. The second-order valence-corrected chi connectivity index (χ2v) is 5.73. The molecule has 0 amide bonds. The maximum absolute atomic E-state index is 12.1. The van der Waals surface area contributed by atoms with Crippen molar-refractivity contribution in [2.45, 2.75) is 0 Å². The van der Waals surface area contributed by atoms with E-state index in [1.165, 1.54) is 12.1 Å². The zero-order valence-corrected chi connectivity index (χ0v) is 13.2. The molecule has 0 spiro atoms. The van der Waals surface area contributed by atoms with Crippen LogP contribution in [0.25, 0.3) is 6.08 Å². The van der Waals surface area contributed by atoms with E-state index in [0.717, 1.165) is 4.47 Å². The molecule has 0 bridgehead atoms. The van der Waals surface area contributed by atoms with E-state index in [1.54, 1.807) is 36.4 Å². The first kappa shape index (κ1) is 15.1. The van der Waals surface area contributed by atoms with Crippen molar-refractivity contribution in [3.05, 3.63) is 68.1 Å². The largest absolute Gasteiger partial charge is 0.508 e. The van der Waals surface area contributed by atoms with E-state index in [9.17, 15) is 9.90 Å². The second-order valence-electron chi connectivity index (χ2n) is 4.03. The Kier molecular flexibility index (Phi) is 4.86. The van der Waals surface area contributed by atoms with Gasteiger partial charge in [0.2, 0.25) is 0 Å². The predicted octanol–water partition coefficient (Wildman–Crippen LogP) is 5.36. The molecule has 0 fully saturated rings. The van der Waals surface area contributed by atoms with E-state index >= 15 is 0 Å². The van der Waals surface area contributed by atoms with Crippen LogP contribution >= 0.6 is 39.1 Å². The van der Waals surface area contributed by atoms with Gasteiger partial charge in [0.25, 0.3) is 0 Å². The summed E-state index contributed by atoms with van der Waals surface area (Å²) in [5.41, 5.74) is 1.08. The van der Waals surface area contributed by atoms with Gasteiger partial charge in [-0.2, -0.15) is 0 Å². The molecule has 0 aromatic heterocycles. The number of phenols is 1. The van der Waals surface area contributed by atoms with Crippen molar-refractivity contribution in [2.75, 3.05) is 0 Å².